The number of allylic oxidation sites excluding steroid dienone is 2. The van der Waals surface area contributed by atoms with E-state index in [0.29, 0.717) is 0 Å². The van der Waals surface area contributed by atoms with Gasteiger partial charge in [0.05, 0.1) is 12.5 Å². The third-order valence-corrected chi connectivity index (χ3v) is 1.88. The standard InChI is InChI=1S/C10H14O/c1-3-9(2)4-5-10-6-7-11-8-10/h3,6-8H,4-5H2,1-2H3. The number of rotatable bonds is 3. The maximum absolute atomic E-state index is 4.96. The average Bonchev–Trinajstić information content (AvgIpc) is 2.52. The number of hydrogen-bond acceptors (Lipinski definition) is 1. The molecule has 0 unspecified atom stereocenters. The topological polar surface area (TPSA) is 13.1 Å². The summed E-state index contributed by atoms with van der Waals surface area (Å²) in [7, 11) is 0. The molecular weight excluding hydrogens is 136 g/mol. The van der Waals surface area contributed by atoms with Gasteiger partial charge < -0.3 is 4.42 Å². The first-order valence-electron chi connectivity index (χ1n) is 3.96. The summed E-state index contributed by atoms with van der Waals surface area (Å²) < 4.78 is 4.96. The third kappa shape index (κ3) is 2.62. The summed E-state index contributed by atoms with van der Waals surface area (Å²) in [6.07, 6.45) is 7.91. The summed E-state index contributed by atoms with van der Waals surface area (Å²) >= 11 is 0. The lowest BCUT2D eigenvalue weighted by atomic mass is 10.1. The Bertz CT molecular complexity index is 219. The molecule has 0 saturated carbocycles. The molecule has 1 heteroatoms. The normalized spacial score (nSPS) is 12.0. The quantitative estimate of drug-likeness (QED) is 0.603. The zero-order valence-electron chi connectivity index (χ0n) is 7.13. The number of hydrogen-bond donors (Lipinski definition) is 0. The molecule has 0 saturated heterocycles. The van der Waals surface area contributed by atoms with E-state index in [4.69, 9.17) is 4.42 Å². The third-order valence-electron chi connectivity index (χ3n) is 1.88. The van der Waals surface area contributed by atoms with Gasteiger partial charge in [-0.3, -0.25) is 0 Å². The lowest BCUT2D eigenvalue weighted by molar-refractivity contribution is 0.563. The van der Waals surface area contributed by atoms with Crippen LogP contribution < -0.4 is 0 Å². The van der Waals surface area contributed by atoms with Gasteiger partial charge in [0.2, 0.25) is 0 Å². The highest BCUT2D eigenvalue weighted by Crippen LogP contribution is 2.08. The van der Waals surface area contributed by atoms with Crippen LogP contribution in [-0.2, 0) is 6.42 Å². The van der Waals surface area contributed by atoms with E-state index < -0.39 is 0 Å². The van der Waals surface area contributed by atoms with E-state index in [-0.39, 0.29) is 0 Å². The predicted octanol–water partition coefficient (Wildman–Crippen LogP) is 3.18. The lowest BCUT2D eigenvalue weighted by Gasteiger charge is -1.96. The van der Waals surface area contributed by atoms with E-state index in [1.165, 1.54) is 11.1 Å². The Morgan fingerprint density at radius 3 is 3.00 bits per heavy atom. The molecule has 0 aromatic carbocycles. The largest absolute Gasteiger partial charge is 0.472 e. The van der Waals surface area contributed by atoms with Gasteiger partial charge in [-0.1, -0.05) is 11.6 Å². The van der Waals surface area contributed by atoms with Gasteiger partial charge in [-0.25, -0.2) is 0 Å². The second kappa shape index (κ2) is 4.02. The maximum Gasteiger partial charge on any atom is 0.0934 e. The minimum Gasteiger partial charge on any atom is -0.472 e. The summed E-state index contributed by atoms with van der Waals surface area (Å²) in [5.41, 5.74) is 2.72. The Morgan fingerprint density at radius 1 is 1.64 bits per heavy atom. The second-order valence-corrected chi connectivity index (χ2v) is 2.77. The number of furan rings is 1. The van der Waals surface area contributed by atoms with Gasteiger partial charge in [-0.05, 0) is 38.3 Å². The van der Waals surface area contributed by atoms with Crippen LogP contribution in [0.1, 0.15) is 25.8 Å². The van der Waals surface area contributed by atoms with Crippen molar-refractivity contribution in [1.29, 1.82) is 0 Å². The summed E-state index contributed by atoms with van der Waals surface area (Å²) in [5, 5.41) is 0. The van der Waals surface area contributed by atoms with E-state index in [2.05, 4.69) is 19.9 Å². The van der Waals surface area contributed by atoms with Crippen molar-refractivity contribution < 1.29 is 4.42 Å². The van der Waals surface area contributed by atoms with Crippen molar-refractivity contribution in [2.75, 3.05) is 0 Å². The molecule has 0 aliphatic heterocycles. The lowest BCUT2D eigenvalue weighted by Crippen LogP contribution is -1.82. The molecule has 0 radical (unpaired) electrons. The van der Waals surface area contributed by atoms with Gasteiger partial charge in [0, 0.05) is 0 Å². The van der Waals surface area contributed by atoms with Crippen LogP contribution in [0.4, 0.5) is 0 Å². The highest BCUT2D eigenvalue weighted by Gasteiger charge is 1.93. The Morgan fingerprint density at radius 2 is 2.45 bits per heavy atom. The maximum atomic E-state index is 4.96. The van der Waals surface area contributed by atoms with Crippen molar-refractivity contribution in [3.05, 3.63) is 35.8 Å². The molecule has 1 rings (SSSR count). The fourth-order valence-corrected chi connectivity index (χ4v) is 0.921. The van der Waals surface area contributed by atoms with Crippen LogP contribution >= 0.6 is 0 Å². The van der Waals surface area contributed by atoms with Gasteiger partial charge >= 0.3 is 0 Å². The SMILES string of the molecule is CC=C(C)CCc1ccoc1. The van der Waals surface area contributed by atoms with Gasteiger partial charge in [0.25, 0.3) is 0 Å². The predicted molar refractivity (Wildman–Crippen MR) is 46.5 cm³/mol. The van der Waals surface area contributed by atoms with E-state index in [1.54, 1.807) is 6.26 Å². The van der Waals surface area contributed by atoms with E-state index in [0.717, 1.165) is 12.8 Å². The molecule has 0 spiro atoms. The minimum absolute atomic E-state index is 1.09. The highest BCUT2D eigenvalue weighted by molar-refractivity contribution is 5.08. The van der Waals surface area contributed by atoms with Gasteiger partial charge in [-0.2, -0.15) is 0 Å². The van der Waals surface area contributed by atoms with Crippen molar-refractivity contribution >= 4 is 0 Å². The summed E-state index contributed by atoms with van der Waals surface area (Å²) in [4.78, 5) is 0. The van der Waals surface area contributed by atoms with Gasteiger partial charge in [0.1, 0.15) is 0 Å². The van der Waals surface area contributed by atoms with Crippen molar-refractivity contribution in [2.24, 2.45) is 0 Å². The molecule has 0 amide bonds. The van der Waals surface area contributed by atoms with Crippen LogP contribution in [0.3, 0.4) is 0 Å². The van der Waals surface area contributed by atoms with Crippen molar-refractivity contribution in [1.82, 2.24) is 0 Å². The summed E-state index contributed by atoms with van der Waals surface area (Å²) in [5.74, 6) is 0. The summed E-state index contributed by atoms with van der Waals surface area (Å²) in [6.45, 7) is 4.23. The fourth-order valence-electron chi connectivity index (χ4n) is 0.921. The van der Waals surface area contributed by atoms with Crippen LogP contribution in [0.2, 0.25) is 0 Å². The molecule has 1 aromatic rings. The fraction of sp³-hybridized carbons (Fsp3) is 0.400. The molecule has 0 atom stereocenters. The van der Waals surface area contributed by atoms with Crippen LogP contribution in [0.25, 0.3) is 0 Å². The first kappa shape index (κ1) is 8.12. The molecular formula is C10H14O. The zero-order chi connectivity index (χ0) is 8.10. The molecule has 0 aliphatic carbocycles. The van der Waals surface area contributed by atoms with Crippen LogP contribution in [0.15, 0.2) is 34.7 Å². The molecule has 1 aromatic heterocycles. The molecule has 11 heavy (non-hydrogen) atoms. The van der Waals surface area contributed by atoms with Gasteiger partial charge in [-0.15, -0.1) is 0 Å². The molecule has 0 N–H and O–H groups in total. The van der Waals surface area contributed by atoms with Crippen LogP contribution in [0, 0.1) is 0 Å². The zero-order valence-corrected chi connectivity index (χ0v) is 7.13. The van der Waals surface area contributed by atoms with E-state index >= 15 is 0 Å². The molecule has 1 heterocycles. The second-order valence-electron chi connectivity index (χ2n) is 2.77. The first-order chi connectivity index (χ1) is 5.33. The molecule has 60 valence electrons. The first-order valence-corrected chi connectivity index (χ1v) is 3.96. The molecule has 0 fully saturated rings. The van der Waals surface area contributed by atoms with Gasteiger partial charge in [0.15, 0.2) is 0 Å². The highest BCUT2D eigenvalue weighted by atomic mass is 16.3. The van der Waals surface area contributed by atoms with Crippen molar-refractivity contribution in [2.45, 2.75) is 26.7 Å². The Balaban J connectivity index is 2.35. The Hall–Kier alpha value is -0.980. The summed E-state index contributed by atoms with van der Waals surface area (Å²) in [6, 6.07) is 2.02. The van der Waals surface area contributed by atoms with E-state index in [9.17, 15) is 0 Å². The minimum atomic E-state index is 1.09. The Labute approximate surface area is 67.7 Å². The average molecular weight is 150 g/mol. The molecule has 1 nitrogen and oxygen atoms in total. The monoisotopic (exact) mass is 150 g/mol. The van der Waals surface area contributed by atoms with Crippen LogP contribution in [0.5, 0.6) is 0 Å². The molecule has 0 bridgehead atoms. The molecule has 0 aliphatic rings. The van der Waals surface area contributed by atoms with E-state index in [1.807, 2.05) is 12.3 Å². The smallest absolute Gasteiger partial charge is 0.0934 e. The number of aryl methyl sites for hydroxylation is 1. The Kier molecular flexibility index (Phi) is 2.96. The van der Waals surface area contributed by atoms with Crippen LogP contribution in [-0.4, -0.2) is 0 Å². The van der Waals surface area contributed by atoms with Crippen molar-refractivity contribution in [3.8, 4) is 0 Å². The van der Waals surface area contributed by atoms with Crippen molar-refractivity contribution in [3.63, 3.8) is 0 Å².